The number of nitrogens with two attached hydrogens (primary N) is 1. The van der Waals surface area contributed by atoms with Crippen molar-refractivity contribution in [1.29, 1.82) is 0 Å². The summed E-state index contributed by atoms with van der Waals surface area (Å²) >= 11 is 0. The van der Waals surface area contributed by atoms with E-state index in [2.05, 4.69) is 32.2 Å². The summed E-state index contributed by atoms with van der Waals surface area (Å²) in [5, 5.41) is 3.69. The molecule has 0 aromatic heterocycles. The van der Waals surface area contributed by atoms with Gasteiger partial charge in [0.2, 0.25) is 0 Å². The van der Waals surface area contributed by atoms with Crippen LogP contribution < -0.4 is 15.8 Å². The molecule has 0 radical (unpaired) electrons. The summed E-state index contributed by atoms with van der Waals surface area (Å²) in [6.07, 6.45) is 4.73. The molecule has 21 heavy (non-hydrogen) atoms. The highest BCUT2D eigenvalue weighted by Crippen LogP contribution is 2.43. The Morgan fingerprint density at radius 3 is 2.38 bits per heavy atom. The number of ether oxygens (including phenoxy) is 1. The monoisotopic (exact) mass is 290 g/mol. The van der Waals surface area contributed by atoms with E-state index < -0.39 is 0 Å². The highest BCUT2D eigenvalue weighted by molar-refractivity contribution is 5.57. The van der Waals surface area contributed by atoms with Gasteiger partial charge < -0.3 is 15.8 Å². The van der Waals surface area contributed by atoms with Crippen LogP contribution in [0.3, 0.4) is 0 Å². The molecule has 0 unspecified atom stereocenters. The highest BCUT2D eigenvalue weighted by atomic mass is 16.5. The molecule has 0 heterocycles. The van der Waals surface area contributed by atoms with Crippen molar-refractivity contribution in [3.8, 4) is 5.75 Å². The zero-order chi connectivity index (χ0) is 15.5. The normalized spacial score (nSPS) is 26.4. The van der Waals surface area contributed by atoms with Crippen LogP contribution in [0.4, 0.5) is 5.69 Å². The lowest BCUT2D eigenvalue weighted by Crippen LogP contribution is -2.49. The fraction of sp³-hybridized carbons (Fsp3) is 0.667. The fourth-order valence-corrected chi connectivity index (χ4v) is 3.45. The number of benzene rings is 1. The minimum absolute atomic E-state index is 0.0103. The summed E-state index contributed by atoms with van der Waals surface area (Å²) in [4.78, 5) is 0. The van der Waals surface area contributed by atoms with Crippen LogP contribution in [-0.2, 0) is 0 Å². The maximum absolute atomic E-state index is 6.13. The third kappa shape index (κ3) is 3.70. The lowest BCUT2D eigenvalue weighted by molar-refractivity contribution is 0.145. The van der Waals surface area contributed by atoms with Crippen LogP contribution in [0.25, 0.3) is 0 Å². The number of methoxy groups -OCH3 is 1. The van der Waals surface area contributed by atoms with Gasteiger partial charge in [0.25, 0.3) is 0 Å². The predicted octanol–water partition coefficient (Wildman–Crippen LogP) is 4.04. The van der Waals surface area contributed by atoms with Gasteiger partial charge in [-0.2, -0.15) is 0 Å². The molecule has 0 aliphatic heterocycles. The van der Waals surface area contributed by atoms with Crippen LogP contribution in [0.1, 0.15) is 46.5 Å². The van der Waals surface area contributed by atoms with E-state index in [4.69, 9.17) is 10.5 Å². The van der Waals surface area contributed by atoms with E-state index in [1.807, 2.05) is 18.2 Å². The van der Waals surface area contributed by atoms with Gasteiger partial charge in [0.1, 0.15) is 5.75 Å². The smallest absolute Gasteiger partial charge is 0.141 e. The lowest BCUT2D eigenvalue weighted by atomic mass is 9.67. The van der Waals surface area contributed by atoms with E-state index in [-0.39, 0.29) is 5.54 Å². The van der Waals surface area contributed by atoms with E-state index in [0.29, 0.717) is 12.0 Å². The lowest BCUT2D eigenvalue weighted by Gasteiger charge is -2.44. The molecule has 3 heteroatoms. The predicted molar refractivity (Wildman–Crippen MR) is 89.8 cm³/mol. The van der Waals surface area contributed by atoms with E-state index in [0.717, 1.165) is 30.2 Å². The second-order valence-corrected chi connectivity index (χ2v) is 7.45. The van der Waals surface area contributed by atoms with Gasteiger partial charge >= 0.3 is 0 Å². The summed E-state index contributed by atoms with van der Waals surface area (Å²) in [5.41, 5.74) is 7.59. The Balaban J connectivity index is 2.10. The van der Waals surface area contributed by atoms with E-state index in [1.165, 1.54) is 12.8 Å². The molecular formula is C18H30N2O. The van der Waals surface area contributed by atoms with Crippen LogP contribution in [0, 0.1) is 11.3 Å². The van der Waals surface area contributed by atoms with Gasteiger partial charge in [-0.25, -0.2) is 0 Å². The van der Waals surface area contributed by atoms with E-state index >= 15 is 0 Å². The average molecular weight is 290 g/mol. The van der Waals surface area contributed by atoms with Crippen molar-refractivity contribution < 1.29 is 4.74 Å². The minimum atomic E-state index is 0.0103. The molecule has 1 fully saturated rings. The van der Waals surface area contributed by atoms with Crippen molar-refractivity contribution in [2.45, 2.75) is 52.0 Å². The highest BCUT2D eigenvalue weighted by Gasteiger charge is 2.38. The first-order valence-corrected chi connectivity index (χ1v) is 8.01. The standard InChI is InChI=1S/C18H30N2O/c1-17(2,3)14-9-11-18(13-19,12-10-14)20-15-7-5-6-8-16(15)21-4/h5-8,14,20H,9-13,19H2,1-4H3. The van der Waals surface area contributed by atoms with Crippen molar-refractivity contribution in [2.24, 2.45) is 17.1 Å². The number of nitrogens with one attached hydrogen (secondary N) is 1. The molecule has 118 valence electrons. The molecular weight excluding hydrogens is 260 g/mol. The van der Waals surface area contributed by atoms with Crippen LogP contribution >= 0.6 is 0 Å². The summed E-state index contributed by atoms with van der Waals surface area (Å²) in [5.74, 6) is 1.68. The van der Waals surface area contributed by atoms with Crippen molar-refractivity contribution in [2.75, 3.05) is 19.0 Å². The Morgan fingerprint density at radius 1 is 1.24 bits per heavy atom. The molecule has 0 spiro atoms. The SMILES string of the molecule is COc1ccccc1NC1(CN)CCC(C(C)(C)C)CC1. The van der Waals surface area contributed by atoms with Gasteiger partial charge in [0, 0.05) is 12.1 Å². The van der Waals surface area contributed by atoms with Crippen molar-refractivity contribution >= 4 is 5.69 Å². The van der Waals surface area contributed by atoms with Crippen LogP contribution in [-0.4, -0.2) is 19.2 Å². The summed E-state index contributed by atoms with van der Waals surface area (Å²) in [7, 11) is 1.71. The summed E-state index contributed by atoms with van der Waals surface area (Å²) in [6.45, 7) is 7.71. The van der Waals surface area contributed by atoms with E-state index in [1.54, 1.807) is 7.11 Å². The zero-order valence-corrected chi connectivity index (χ0v) is 13.9. The molecule has 0 amide bonds. The van der Waals surface area contributed by atoms with Crippen LogP contribution in [0.2, 0.25) is 0 Å². The quantitative estimate of drug-likeness (QED) is 0.879. The Kier molecular flexibility index (Phi) is 4.82. The molecule has 3 nitrogen and oxygen atoms in total. The number of rotatable bonds is 4. The van der Waals surface area contributed by atoms with Gasteiger partial charge in [-0.1, -0.05) is 32.9 Å². The minimum Gasteiger partial charge on any atom is -0.495 e. The first-order valence-electron chi connectivity index (χ1n) is 8.01. The molecule has 0 atom stereocenters. The fourth-order valence-electron chi connectivity index (χ4n) is 3.45. The summed E-state index contributed by atoms with van der Waals surface area (Å²) < 4.78 is 5.45. The maximum atomic E-state index is 6.13. The number of anilines is 1. The number of para-hydroxylation sites is 2. The molecule has 1 aromatic rings. The second kappa shape index (κ2) is 6.27. The Labute approximate surface area is 129 Å². The van der Waals surface area contributed by atoms with Crippen molar-refractivity contribution in [3.63, 3.8) is 0 Å². The van der Waals surface area contributed by atoms with Gasteiger partial charge in [-0.05, 0) is 49.1 Å². The second-order valence-electron chi connectivity index (χ2n) is 7.45. The molecule has 2 rings (SSSR count). The average Bonchev–Trinajstić information content (AvgIpc) is 2.47. The Hall–Kier alpha value is -1.22. The third-order valence-electron chi connectivity index (χ3n) is 5.06. The Morgan fingerprint density at radius 2 is 1.86 bits per heavy atom. The van der Waals surface area contributed by atoms with Gasteiger partial charge in [0.15, 0.2) is 0 Å². The van der Waals surface area contributed by atoms with Gasteiger partial charge in [0.05, 0.1) is 12.8 Å². The molecule has 1 saturated carbocycles. The molecule has 1 aromatic carbocycles. The van der Waals surface area contributed by atoms with Crippen LogP contribution in [0.5, 0.6) is 5.75 Å². The zero-order valence-electron chi connectivity index (χ0n) is 13.9. The molecule has 1 aliphatic carbocycles. The van der Waals surface area contributed by atoms with Crippen LogP contribution in [0.15, 0.2) is 24.3 Å². The van der Waals surface area contributed by atoms with Crippen molar-refractivity contribution in [3.05, 3.63) is 24.3 Å². The first kappa shape index (κ1) is 16.2. The molecule has 0 saturated heterocycles. The maximum Gasteiger partial charge on any atom is 0.141 e. The van der Waals surface area contributed by atoms with Gasteiger partial charge in [-0.15, -0.1) is 0 Å². The van der Waals surface area contributed by atoms with Gasteiger partial charge in [-0.3, -0.25) is 0 Å². The first-order chi connectivity index (χ1) is 9.90. The topological polar surface area (TPSA) is 47.3 Å². The largest absolute Gasteiger partial charge is 0.495 e. The Bertz CT molecular complexity index is 457. The van der Waals surface area contributed by atoms with E-state index in [9.17, 15) is 0 Å². The molecule has 0 bridgehead atoms. The van der Waals surface area contributed by atoms with Crippen molar-refractivity contribution in [1.82, 2.24) is 0 Å². The summed E-state index contributed by atoms with van der Waals surface area (Å²) in [6, 6.07) is 8.10. The number of hydrogen-bond donors (Lipinski definition) is 2. The number of hydrogen-bond acceptors (Lipinski definition) is 3. The molecule has 3 N–H and O–H groups in total. The third-order valence-corrected chi connectivity index (χ3v) is 5.06. The molecule has 1 aliphatic rings.